The first-order chi connectivity index (χ1) is 22.4. The molecule has 1 atom stereocenters. The van der Waals surface area contributed by atoms with E-state index in [0.29, 0.717) is 44.4 Å². The highest BCUT2D eigenvalue weighted by Crippen LogP contribution is 2.36. The summed E-state index contributed by atoms with van der Waals surface area (Å²) in [5, 5.41) is 2.78. The first kappa shape index (κ1) is 32.4. The normalized spacial score (nSPS) is 14.3. The van der Waals surface area contributed by atoms with Crippen molar-refractivity contribution in [1.29, 1.82) is 0 Å². The quantitative estimate of drug-likeness (QED) is 0.172. The Morgan fingerprint density at radius 2 is 1.70 bits per heavy atom. The Hall–Kier alpha value is -5.00. The molecule has 1 aliphatic heterocycles. The number of nitrogens with one attached hydrogen (secondary N) is 1. The van der Waals surface area contributed by atoms with Gasteiger partial charge in [-0.05, 0) is 55.3 Å². The van der Waals surface area contributed by atoms with Gasteiger partial charge in [-0.2, -0.15) is 0 Å². The van der Waals surface area contributed by atoms with E-state index in [-0.39, 0.29) is 36.9 Å². The number of ether oxygens (including phenoxy) is 4. The van der Waals surface area contributed by atoms with E-state index in [9.17, 15) is 14.4 Å². The van der Waals surface area contributed by atoms with E-state index in [2.05, 4.69) is 10.3 Å². The van der Waals surface area contributed by atoms with Gasteiger partial charge in [0.05, 0.1) is 29.0 Å². The summed E-state index contributed by atoms with van der Waals surface area (Å²) in [6, 6.07) is 22.8. The molecule has 0 saturated carbocycles. The number of allylic oxidation sites excluding steroid dienone is 1. The Labute approximate surface area is 270 Å². The molecule has 0 saturated heterocycles. The number of methoxy groups -OCH3 is 1. The Morgan fingerprint density at radius 1 is 0.957 bits per heavy atom. The first-order valence-electron chi connectivity index (χ1n) is 14.9. The minimum absolute atomic E-state index is 0.0641. The van der Waals surface area contributed by atoms with Gasteiger partial charge in [-0.25, -0.2) is 9.79 Å². The molecule has 0 fully saturated rings. The van der Waals surface area contributed by atoms with Crippen molar-refractivity contribution in [3.05, 3.63) is 121 Å². The summed E-state index contributed by atoms with van der Waals surface area (Å²) in [6.07, 6.45) is 2.56. The molecule has 1 aliphatic rings. The van der Waals surface area contributed by atoms with Gasteiger partial charge < -0.3 is 24.3 Å². The summed E-state index contributed by atoms with van der Waals surface area (Å²) in [4.78, 5) is 44.8. The number of nitrogens with zero attached hydrogens (tertiary/aromatic N) is 2. The van der Waals surface area contributed by atoms with E-state index in [0.717, 1.165) is 12.0 Å². The lowest BCUT2D eigenvalue weighted by atomic mass is 9.95. The molecular weight excluding hydrogens is 606 g/mol. The Balaban J connectivity index is 1.45. The number of carbonyl (C=O) groups excluding carboxylic acids is 2. The highest BCUT2D eigenvalue weighted by atomic mass is 32.1. The highest BCUT2D eigenvalue weighted by molar-refractivity contribution is 7.07. The third-order valence-electron chi connectivity index (χ3n) is 7.04. The van der Waals surface area contributed by atoms with Crippen molar-refractivity contribution in [3.8, 4) is 11.5 Å². The van der Waals surface area contributed by atoms with Crippen LogP contribution >= 0.6 is 11.3 Å². The van der Waals surface area contributed by atoms with Crippen LogP contribution in [-0.2, 0) is 19.1 Å². The zero-order chi connectivity index (χ0) is 32.5. The van der Waals surface area contributed by atoms with Gasteiger partial charge in [-0.15, -0.1) is 0 Å². The van der Waals surface area contributed by atoms with Gasteiger partial charge in [-0.1, -0.05) is 66.8 Å². The average molecular weight is 642 g/mol. The second-order valence-electron chi connectivity index (χ2n) is 10.4. The molecular formula is C35H35N3O7S. The predicted octanol–water partition coefficient (Wildman–Crippen LogP) is 4.23. The van der Waals surface area contributed by atoms with Crippen molar-refractivity contribution >= 4 is 35.0 Å². The fourth-order valence-electron chi connectivity index (χ4n) is 4.90. The smallest absolute Gasteiger partial charge is 0.338 e. The number of rotatable bonds is 13. The molecule has 2 heterocycles. The van der Waals surface area contributed by atoms with Crippen molar-refractivity contribution in [2.75, 3.05) is 38.9 Å². The summed E-state index contributed by atoms with van der Waals surface area (Å²) < 4.78 is 24.2. The summed E-state index contributed by atoms with van der Waals surface area (Å²) in [6.45, 7) is 4.39. The zero-order valence-electron chi connectivity index (χ0n) is 25.9. The molecule has 1 aromatic heterocycles. The molecule has 1 amide bonds. The van der Waals surface area contributed by atoms with Crippen molar-refractivity contribution in [1.82, 2.24) is 4.57 Å². The Kier molecular flexibility index (Phi) is 10.8. The molecule has 4 aromatic rings. The number of anilines is 1. The van der Waals surface area contributed by atoms with Gasteiger partial charge in [0, 0.05) is 18.4 Å². The van der Waals surface area contributed by atoms with Crippen LogP contribution in [0.1, 0.15) is 37.4 Å². The minimum atomic E-state index is -0.806. The number of fused-ring (bicyclic) bond motifs is 1. The van der Waals surface area contributed by atoms with E-state index in [1.807, 2.05) is 49.4 Å². The van der Waals surface area contributed by atoms with E-state index in [1.165, 1.54) is 23.0 Å². The van der Waals surface area contributed by atoms with Crippen LogP contribution in [0.15, 0.2) is 99.9 Å². The summed E-state index contributed by atoms with van der Waals surface area (Å²) >= 11 is 1.23. The maximum absolute atomic E-state index is 14.0. The fourth-order valence-corrected chi connectivity index (χ4v) is 5.95. The standard InChI is InChI=1S/C35H35N3O7S/c1-4-18-43-28-13-9-8-12-27(28)32-31(34(41)44-20-19-42-3)23(2)36-35-38(32)33(40)29(46-35)21-24-14-16-26(17-15-24)45-22-30(39)37-25-10-6-5-7-11-25/h5-17,21,32H,4,18-20,22H2,1-3H3,(H,37,39)/b29-21+/t32-/m0/s1. The number of amides is 1. The number of para-hydroxylation sites is 2. The van der Waals surface area contributed by atoms with Crippen molar-refractivity contribution < 1.29 is 28.5 Å². The topological polar surface area (TPSA) is 117 Å². The summed E-state index contributed by atoms with van der Waals surface area (Å²) in [7, 11) is 1.53. The first-order valence-corrected chi connectivity index (χ1v) is 15.7. The molecule has 46 heavy (non-hydrogen) atoms. The maximum atomic E-state index is 14.0. The minimum Gasteiger partial charge on any atom is -0.493 e. The van der Waals surface area contributed by atoms with E-state index >= 15 is 0 Å². The lowest BCUT2D eigenvalue weighted by Crippen LogP contribution is -2.40. The van der Waals surface area contributed by atoms with Gasteiger partial charge in [0.15, 0.2) is 11.4 Å². The third-order valence-corrected chi connectivity index (χ3v) is 8.03. The van der Waals surface area contributed by atoms with Crippen molar-refractivity contribution in [2.24, 2.45) is 4.99 Å². The number of esters is 1. The summed E-state index contributed by atoms with van der Waals surface area (Å²) in [5.41, 5.74) is 2.53. The lowest BCUT2D eigenvalue weighted by molar-refractivity contribution is -0.140. The molecule has 0 radical (unpaired) electrons. The SMILES string of the molecule is CCCOc1ccccc1[C@H]1C(C(=O)OCCOC)=C(C)N=c2s/c(=C/c3ccc(OCC(=O)Nc4ccccc4)cc3)c(=O)n21. The predicted molar refractivity (Wildman–Crippen MR) is 176 cm³/mol. The number of benzene rings is 3. The monoisotopic (exact) mass is 641 g/mol. The number of carbonyl (C=O) groups is 2. The van der Waals surface area contributed by atoms with Gasteiger partial charge in [0.2, 0.25) is 0 Å². The lowest BCUT2D eigenvalue weighted by Gasteiger charge is -2.26. The molecule has 1 N–H and O–H groups in total. The Morgan fingerprint density at radius 3 is 2.43 bits per heavy atom. The fraction of sp³-hybridized carbons (Fsp3) is 0.257. The number of aromatic nitrogens is 1. The van der Waals surface area contributed by atoms with Gasteiger partial charge >= 0.3 is 5.97 Å². The molecule has 10 nitrogen and oxygen atoms in total. The summed E-state index contributed by atoms with van der Waals surface area (Å²) in [5.74, 6) is 0.243. The highest BCUT2D eigenvalue weighted by Gasteiger charge is 2.35. The van der Waals surface area contributed by atoms with Crippen LogP contribution in [0.4, 0.5) is 5.69 Å². The van der Waals surface area contributed by atoms with E-state index in [1.54, 1.807) is 49.4 Å². The van der Waals surface area contributed by atoms with Crippen molar-refractivity contribution in [2.45, 2.75) is 26.3 Å². The van der Waals surface area contributed by atoms with Crippen LogP contribution in [0.25, 0.3) is 6.08 Å². The van der Waals surface area contributed by atoms with Crippen LogP contribution in [0, 0.1) is 0 Å². The number of thiazole rings is 1. The third kappa shape index (κ3) is 7.61. The van der Waals surface area contributed by atoms with Crippen molar-refractivity contribution in [3.63, 3.8) is 0 Å². The second-order valence-corrected chi connectivity index (χ2v) is 11.4. The molecule has 0 aliphatic carbocycles. The molecule has 11 heteroatoms. The largest absolute Gasteiger partial charge is 0.493 e. The van der Waals surface area contributed by atoms with Crippen LogP contribution in [0.3, 0.4) is 0 Å². The van der Waals surface area contributed by atoms with Crippen LogP contribution in [0.5, 0.6) is 11.5 Å². The van der Waals surface area contributed by atoms with Crippen LogP contribution in [-0.4, -0.2) is 50.0 Å². The average Bonchev–Trinajstić information content (AvgIpc) is 3.37. The number of hydrogen-bond acceptors (Lipinski definition) is 9. The van der Waals surface area contributed by atoms with Gasteiger partial charge in [0.25, 0.3) is 11.5 Å². The van der Waals surface area contributed by atoms with Gasteiger partial charge in [0.1, 0.15) is 24.1 Å². The second kappa shape index (κ2) is 15.3. The zero-order valence-corrected chi connectivity index (χ0v) is 26.7. The van der Waals surface area contributed by atoms with Crippen LogP contribution < -0.4 is 29.7 Å². The molecule has 5 rings (SSSR count). The molecule has 0 bridgehead atoms. The number of hydrogen-bond donors (Lipinski definition) is 1. The molecule has 3 aromatic carbocycles. The van der Waals surface area contributed by atoms with E-state index in [4.69, 9.17) is 18.9 Å². The maximum Gasteiger partial charge on any atom is 0.338 e. The van der Waals surface area contributed by atoms with E-state index < -0.39 is 12.0 Å². The molecule has 0 unspecified atom stereocenters. The molecule has 238 valence electrons. The van der Waals surface area contributed by atoms with Gasteiger partial charge in [-0.3, -0.25) is 14.2 Å². The molecule has 0 spiro atoms. The Bertz CT molecular complexity index is 1900. The van der Waals surface area contributed by atoms with Crippen LogP contribution in [0.2, 0.25) is 0 Å².